The second-order valence-corrected chi connectivity index (χ2v) is 5.80. The Morgan fingerprint density at radius 1 is 1.68 bits per heavy atom. The summed E-state index contributed by atoms with van der Waals surface area (Å²) >= 11 is 0. The summed E-state index contributed by atoms with van der Waals surface area (Å²) in [5.41, 5.74) is 8.00. The fourth-order valence-electron chi connectivity index (χ4n) is 2.79. The highest BCUT2D eigenvalue weighted by Gasteiger charge is 2.42. The molecule has 2 rings (SSSR count). The summed E-state index contributed by atoms with van der Waals surface area (Å²) < 4.78 is 0. The first-order valence-corrected chi connectivity index (χ1v) is 7.07. The van der Waals surface area contributed by atoms with Crippen LogP contribution in [0, 0.1) is 12.3 Å². The Morgan fingerprint density at radius 3 is 3.05 bits per heavy atom. The molecule has 5 nitrogen and oxygen atoms in total. The van der Waals surface area contributed by atoms with E-state index in [9.17, 15) is 4.79 Å². The number of carbonyl (C=O) groups is 1. The number of carbonyl (C=O) groups excluding carboxylic acids is 1. The maximum absolute atomic E-state index is 12.2. The standard InChI is InChI=1S/C14H24N4O/c1-10-11(9-17-18-10)5-4-8-16-13(19)14(2)7-3-6-12(14)15/h9,12H,3-8,15H2,1-2H3,(H,16,19)(H,17,18). The number of aromatic nitrogens is 2. The number of hydrogen-bond donors (Lipinski definition) is 3. The van der Waals surface area contributed by atoms with Crippen molar-refractivity contribution in [2.45, 2.75) is 52.0 Å². The van der Waals surface area contributed by atoms with E-state index in [4.69, 9.17) is 5.73 Å². The third-order valence-electron chi connectivity index (χ3n) is 4.39. The number of aryl methyl sites for hydroxylation is 2. The smallest absolute Gasteiger partial charge is 0.227 e. The monoisotopic (exact) mass is 264 g/mol. The average molecular weight is 264 g/mol. The third-order valence-corrected chi connectivity index (χ3v) is 4.39. The molecular weight excluding hydrogens is 240 g/mol. The van der Waals surface area contributed by atoms with Crippen LogP contribution in [0.4, 0.5) is 0 Å². The van der Waals surface area contributed by atoms with Crippen molar-refractivity contribution in [3.8, 4) is 0 Å². The number of aromatic amines is 1. The molecule has 1 amide bonds. The van der Waals surface area contributed by atoms with Crippen molar-refractivity contribution in [2.75, 3.05) is 6.54 Å². The molecule has 0 radical (unpaired) electrons. The lowest BCUT2D eigenvalue weighted by Gasteiger charge is -2.27. The quantitative estimate of drug-likeness (QED) is 0.701. The van der Waals surface area contributed by atoms with Crippen molar-refractivity contribution < 1.29 is 4.79 Å². The van der Waals surface area contributed by atoms with Crippen LogP contribution in [0.25, 0.3) is 0 Å². The van der Waals surface area contributed by atoms with E-state index in [2.05, 4.69) is 15.5 Å². The molecule has 1 aliphatic rings. The fourth-order valence-corrected chi connectivity index (χ4v) is 2.79. The van der Waals surface area contributed by atoms with Gasteiger partial charge in [0.15, 0.2) is 0 Å². The lowest BCUT2D eigenvalue weighted by atomic mass is 9.84. The highest BCUT2D eigenvalue weighted by Crippen LogP contribution is 2.36. The lowest BCUT2D eigenvalue weighted by Crippen LogP contribution is -2.47. The first-order chi connectivity index (χ1) is 9.04. The minimum atomic E-state index is -0.369. The topological polar surface area (TPSA) is 83.8 Å². The maximum atomic E-state index is 12.2. The molecule has 4 N–H and O–H groups in total. The summed E-state index contributed by atoms with van der Waals surface area (Å²) in [5.74, 6) is 0.112. The Kier molecular flexibility index (Phi) is 4.24. The van der Waals surface area contributed by atoms with Crippen LogP contribution < -0.4 is 11.1 Å². The van der Waals surface area contributed by atoms with Crippen molar-refractivity contribution in [1.29, 1.82) is 0 Å². The van der Waals surface area contributed by atoms with Crippen LogP contribution in [-0.2, 0) is 11.2 Å². The van der Waals surface area contributed by atoms with Crippen molar-refractivity contribution >= 4 is 5.91 Å². The molecule has 2 unspecified atom stereocenters. The van der Waals surface area contributed by atoms with Gasteiger partial charge in [-0.2, -0.15) is 5.10 Å². The normalized spacial score (nSPS) is 26.6. The van der Waals surface area contributed by atoms with Gasteiger partial charge in [0.25, 0.3) is 0 Å². The molecule has 106 valence electrons. The number of rotatable bonds is 5. The minimum Gasteiger partial charge on any atom is -0.356 e. The molecule has 19 heavy (non-hydrogen) atoms. The Hall–Kier alpha value is -1.36. The Balaban J connectivity index is 1.74. The molecule has 1 heterocycles. The predicted molar refractivity (Wildman–Crippen MR) is 74.6 cm³/mol. The van der Waals surface area contributed by atoms with E-state index in [0.29, 0.717) is 6.54 Å². The van der Waals surface area contributed by atoms with E-state index < -0.39 is 0 Å². The SMILES string of the molecule is Cc1[nH]ncc1CCCNC(=O)C1(C)CCCC1N. The molecule has 0 aliphatic heterocycles. The summed E-state index contributed by atoms with van der Waals surface area (Å²) in [6.45, 7) is 4.70. The Bertz CT molecular complexity index is 442. The highest BCUT2D eigenvalue weighted by atomic mass is 16.2. The summed E-state index contributed by atoms with van der Waals surface area (Å²) in [6, 6.07) is 0.00335. The zero-order valence-electron chi connectivity index (χ0n) is 11.8. The first-order valence-electron chi connectivity index (χ1n) is 7.07. The third kappa shape index (κ3) is 2.97. The number of nitrogens with zero attached hydrogens (tertiary/aromatic N) is 1. The molecule has 0 saturated heterocycles. The number of nitrogens with two attached hydrogens (primary N) is 1. The predicted octanol–water partition coefficient (Wildman–Crippen LogP) is 1.28. The molecule has 1 aromatic rings. The second-order valence-electron chi connectivity index (χ2n) is 5.80. The van der Waals surface area contributed by atoms with Gasteiger partial charge < -0.3 is 11.1 Å². The minimum absolute atomic E-state index is 0.00335. The van der Waals surface area contributed by atoms with E-state index in [-0.39, 0.29) is 17.4 Å². The first kappa shape index (κ1) is 14.1. The molecule has 1 aromatic heterocycles. The van der Waals surface area contributed by atoms with Gasteiger partial charge in [0.2, 0.25) is 5.91 Å². The Morgan fingerprint density at radius 2 is 2.47 bits per heavy atom. The van der Waals surface area contributed by atoms with Crippen LogP contribution in [0.5, 0.6) is 0 Å². The van der Waals surface area contributed by atoms with Gasteiger partial charge in [-0.15, -0.1) is 0 Å². The van der Waals surface area contributed by atoms with Gasteiger partial charge in [0.05, 0.1) is 11.6 Å². The van der Waals surface area contributed by atoms with E-state index in [0.717, 1.165) is 37.8 Å². The molecule has 5 heteroatoms. The lowest BCUT2D eigenvalue weighted by molar-refractivity contribution is -0.130. The van der Waals surface area contributed by atoms with Crippen LogP contribution in [0.15, 0.2) is 6.20 Å². The molecule has 1 fully saturated rings. The van der Waals surface area contributed by atoms with E-state index >= 15 is 0 Å². The Labute approximate surface area is 114 Å². The number of amides is 1. The highest BCUT2D eigenvalue weighted by molar-refractivity contribution is 5.83. The van der Waals surface area contributed by atoms with Gasteiger partial charge in [-0.1, -0.05) is 6.42 Å². The van der Waals surface area contributed by atoms with Gasteiger partial charge in [-0.25, -0.2) is 0 Å². The second kappa shape index (κ2) is 5.74. The zero-order valence-corrected chi connectivity index (χ0v) is 11.8. The van der Waals surface area contributed by atoms with Crippen LogP contribution in [0.3, 0.4) is 0 Å². The largest absolute Gasteiger partial charge is 0.356 e. The van der Waals surface area contributed by atoms with E-state index in [1.165, 1.54) is 5.56 Å². The van der Waals surface area contributed by atoms with Gasteiger partial charge in [-0.05, 0) is 45.1 Å². The number of H-pyrrole nitrogens is 1. The summed E-state index contributed by atoms with van der Waals surface area (Å²) in [6.07, 6.45) is 6.63. The fraction of sp³-hybridized carbons (Fsp3) is 0.714. The summed E-state index contributed by atoms with van der Waals surface area (Å²) in [4.78, 5) is 12.2. The van der Waals surface area contributed by atoms with Crippen molar-refractivity contribution in [2.24, 2.45) is 11.1 Å². The van der Waals surface area contributed by atoms with Gasteiger partial charge >= 0.3 is 0 Å². The van der Waals surface area contributed by atoms with Gasteiger partial charge in [0, 0.05) is 18.3 Å². The van der Waals surface area contributed by atoms with E-state index in [1.807, 2.05) is 20.0 Å². The molecule has 0 aromatic carbocycles. The molecule has 1 saturated carbocycles. The summed E-state index contributed by atoms with van der Waals surface area (Å²) in [7, 11) is 0. The number of nitrogens with one attached hydrogen (secondary N) is 2. The van der Waals surface area contributed by atoms with Gasteiger partial charge in [-0.3, -0.25) is 9.89 Å². The molecule has 1 aliphatic carbocycles. The molecule has 2 atom stereocenters. The molecular formula is C14H24N4O. The van der Waals surface area contributed by atoms with Crippen molar-refractivity contribution in [3.63, 3.8) is 0 Å². The zero-order chi connectivity index (χ0) is 13.9. The van der Waals surface area contributed by atoms with Crippen LogP contribution >= 0.6 is 0 Å². The molecule has 0 spiro atoms. The molecule has 0 bridgehead atoms. The van der Waals surface area contributed by atoms with E-state index in [1.54, 1.807) is 0 Å². The van der Waals surface area contributed by atoms with Crippen molar-refractivity contribution in [1.82, 2.24) is 15.5 Å². The van der Waals surface area contributed by atoms with Crippen LogP contribution in [0.1, 0.15) is 43.9 Å². The van der Waals surface area contributed by atoms with Crippen LogP contribution in [0.2, 0.25) is 0 Å². The number of hydrogen-bond acceptors (Lipinski definition) is 3. The average Bonchev–Trinajstić information content (AvgIpc) is 2.93. The van der Waals surface area contributed by atoms with Crippen molar-refractivity contribution in [3.05, 3.63) is 17.5 Å². The van der Waals surface area contributed by atoms with Gasteiger partial charge in [0.1, 0.15) is 0 Å². The summed E-state index contributed by atoms with van der Waals surface area (Å²) in [5, 5.41) is 9.94. The van der Waals surface area contributed by atoms with Crippen LogP contribution in [-0.4, -0.2) is 28.7 Å². The maximum Gasteiger partial charge on any atom is 0.227 e.